The SMILES string of the molecule is CC(O)C(N)(C(=O)O)C(C)OCc1ccccc1.c1ccc2c(c1)C2. The predicted molar refractivity (Wildman–Crippen MR) is 96.2 cm³/mol. The van der Waals surface area contributed by atoms with Crippen LogP contribution in [0.3, 0.4) is 0 Å². The van der Waals surface area contributed by atoms with E-state index in [-0.39, 0.29) is 6.61 Å². The third-order valence-electron chi connectivity index (χ3n) is 4.45. The minimum Gasteiger partial charge on any atom is -0.480 e. The monoisotopic (exact) mass is 343 g/mol. The first-order valence-electron chi connectivity index (χ1n) is 8.28. The first-order chi connectivity index (χ1) is 11.9. The van der Waals surface area contributed by atoms with Crippen LogP contribution in [0.2, 0.25) is 0 Å². The highest BCUT2D eigenvalue weighted by atomic mass is 16.5. The van der Waals surface area contributed by atoms with Crippen LogP contribution in [0.25, 0.3) is 0 Å². The summed E-state index contributed by atoms with van der Waals surface area (Å²) >= 11 is 0. The lowest BCUT2D eigenvalue weighted by Gasteiger charge is -2.33. The molecule has 3 rings (SSSR count). The summed E-state index contributed by atoms with van der Waals surface area (Å²) in [4.78, 5) is 11.2. The van der Waals surface area contributed by atoms with Crippen molar-refractivity contribution < 1.29 is 19.7 Å². The molecule has 1 aliphatic rings. The van der Waals surface area contributed by atoms with Crippen LogP contribution in [0.5, 0.6) is 0 Å². The lowest BCUT2D eigenvalue weighted by Crippen LogP contribution is -2.63. The van der Waals surface area contributed by atoms with E-state index in [1.54, 1.807) is 6.92 Å². The number of aliphatic hydroxyl groups excluding tert-OH is 1. The van der Waals surface area contributed by atoms with Gasteiger partial charge in [0, 0.05) is 0 Å². The van der Waals surface area contributed by atoms with E-state index in [1.807, 2.05) is 30.3 Å². The Morgan fingerprint density at radius 3 is 2.08 bits per heavy atom. The molecule has 0 amide bonds. The fourth-order valence-corrected chi connectivity index (χ4v) is 2.46. The van der Waals surface area contributed by atoms with E-state index < -0.39 is 23.7 Å². The van der Waals surface area contributed by atoms with Crippen molar-refractivity contribution >= 4 is 5.97 Å². The topological polar surface area (TPSA) is 92.8 Å². The molecule has 3 atom stereocenters. The van der Waals surface area contributed by atoms with Gasteiger partial charge in [-0.25, -0.2) is 0 Å². The van der Waals surface area contributed by atoms with E-state index >= 15 is 0 Å². The molecule has 0 bridgehead atoms. The molecular weight excluding hydrogens is 318 g/mol. The Morgan fingerprint density at radius 2 is 1.64 bits per heavy atom. The summed E-state index contributed by atoms with van der Waals surface area (Å²) in [5.41, 5.74) is 7.89. The molecule has 5 heteroatoms. The van der Waals surface area contributed by atoms with Crippen LogP contribution in [0.15, 0.2) is 54.6 Å². The van der Waals surface area contributed by atoms with Crippen molar-refractivity contribution in [2.75, 3.05) is 0 Å². The van der Waals surface area contributed by atoms with Gasteiger partial charge in [0.1, 0.15) is 0 Å². The average Bonchev–Trinajstić information content (AvgIpc) is 3.39. The molecule has 5 nitrogen and oxygen atoms in total. The summed E-state index contributed by atoms with van der Waals surface area (Å²) in [5, 5.41) is 18.6. The molecule has 2 aromatic rings. The maximum atomic E-state index is 11.2. The van der Waals surface area contributed by atoms with Crippen LogP contribution in [-0.2, 0) is 22.6 Å². The summed E-state index contributed by atoms with van der Waals surface area (Å²) in [5.74, 6) is -1.28. The van der Waals surface area contributed by atoms with Crippen molar-refractivity contribution in [1.29, 1.82) is 0 Å². The third-order valence-corrected chi connectivity index (χ3v) is 4.45. The van der Waals surface area contributed by atoms with Crippen molar-refractivity contribution in [3.63, 3.8) is 0 Å². The second-order valence-corrected chi connectivity index (χ2v) is 6.30. The molecule has 2 aromatic carbocycles. The molecule has 0 aliphatic heterocycles. The van der Waals surface area contributed by atoms with Crippen LogP contribution in [0, 0.1) is 0 Å². The number of aliphatic carboxylic acids is 1. The minimum atomic E-state index is -1.81. The maximum Gasteiger partial charge on any atom is 0.329 e. The number of ether oxygens (including phenoxy) is 1. The van der Waals surface area contributed by atoms with Crippen molar-refractivity contribution in [3.8, 4) is 0 Å². The molecule has 134 valence electrons. The van der Waals surface area contributed by atoms with E-state index in [4.69, 9.17) is 15.6 Å². The van der Waals surface area contributed by atoms with Crippen LogP contribution in [0.4, 0.5) is 0 Å². The lowest BCUT2D eigenvalue weighted by atomic mass is 9.89. The largest absolute Gasteiger partial charge is 0.480 e. The Bertz CT molecular complexity index is 681. The lowest BCUT2D eigenvalue weighted by molar-refractivity contribution is -0.157. The summed E-state index contributed by atoms with van der Waals surface area (Å²) in [6.45, 7) is 3.14. The smallest absolute Gasteiger partial charge is 0.329 e. The molecule has 0 heterocycles. The summed E-state index contributed by atoms with van der Waals surface area (Å²) < 4.78 is 5.45. The number of hydrogen-bond acceptors (Lipinski definition) is 4. The van der Waals surface area contributed by atoms with Gasteiger partial charge in [0.25, 0.3) is 0 Å². The first-order valence-corrected chi connectivity index (χ1v) is 8.28. The summed E-state index contributed by atoms with van der Waals surface area (Å²) in [6.07, 6.45) is -0.775. The van der Waals surface area contributed by atoms with E-state index in [2.05, 4.69) is 24.3 Å². The van der Waals surface area contributed by atoms with E-state index in [0.717, 1.165) is 5.56 Å². The van der Waals surface area contributed by atoms with Crippen LogP contribution in [0.1, 0.15) is 30.5 Å². The van der Waals surface area contributed by atoms with Crippen LogP contribution in [-0.4, -0.2) is 33.9 Å². The maximum absolute atomic E-state index is 11.2. The van der Waals surface area contributed by atoms with Crippen molar-refractivity contribution in [2.24, 2.45) is 5.73 Å². The second-order valence-electron chi connectivity index (χ2n) is 6.30. The summed E-state index contributed by atoms with van der Waals surface area (Å²) in [7, 11) is 0. The van der Waals surface area contributed by atoms with Crippen molar-refractivity contribution in [1.82, 2.24) is 0 Å². The van der Waals surface area contributed by atoms with Crippen LogP contribution < -0.4 is 5.73 Å². The molecule has 0 radical (unpaired) electrons. The molecular formula is C20H25NO4. The number of aliphatic hydroxyl groups is 1. The molecule has 0 aromatic heterocycles. The normalized spacial score (nSPS) is 16.5. The molecule has 0 spiro atoms. The van der Waals surface area contributed by atoms with Gasteiger partial charge in [-0.3, -0.25) is 4.79 Å². The second kappa shape index (κ2) is 8.25. The molecule has 0 saturated heterocycles. The van der Waals surface area contributed by atoms with Gasteiger partial charge in [0.2, 0.25) is 0 Å². The zero-order chi connectivity index (χ0) is 18.4. The van der Waals surface area contributed by atoms with Crippen LogP contribution >= 0.6 is 0 Å². The highest BCUT2D eigenvalue weighted by molar-refractivity contribution is 5.80. The minimum absolute atomic E-state index is 0.251. The van der Waals surface area contributed by atoms with E-state index in [9.17, 15) is 9.90 Å². The number of carbonyl (C=O) groups is 1. The van der Waals surface area contributed by atoms with Crippen molar-refractivity contribution in [2.45, 2.75) is 44.6 Å². The summed E-state index contributed by atoms with van der Waals surface area (Å²) in [6, 6.07) is 17.9. The zero-order valence-electron chi connectivity index (χ0n) is 14.6. The van der Waals surface area contributed by atoms with Crippen molar-refractivity contribution in [3.05, 3.63) is 71.3 Å². The molecule has 3 unspecified atom stereocenters. The Labute approximate surface area is 148 Å². The Kier molecular flexibility index (Phi) is 6.31. The average molecular weight is 343 g/mol. The van der Waals surface area contributed by atoms with Gasteiger partial charge in [-0.2, -0.15) is 0 Å². The standard InChI is InChI=1S/C13H19NO4.C7H6/c1-9(15)13(14,12(16)17)10(2)18-8-11-6-4-3-5-7-11;1-2-4-7-5-6(7)3-1/h3-7,9-10,15H,8,14H2,1-2H3,(H,16,17);1-4H,5H2. The fraction of sp³-hybridized carbons (Fsp3) is 0.350. The molecule has 1 aliphatic carbocycles. The number of fused-ring (bicyclic) bond motifs is 1. The third kappa shape index (κ3) is 4.89. The quantitative estimate of drug-likeness (QED) is 0.639. The highest BCUT2D eigenvalue weighted by Gasteiger charge is 2.45. The van der Waals surface area contributed by atoms with Gasteiger partial charge in [0.05, 0.1) is 18.8 Å². The van der Waals surface area contributed by atoms with Gasteiger partial charge in [-0.1, -0.05) is 54.6 Å². The number of rotatable bonds is 6. The van der Waals surface area contributed by atoms with Gasteiger partial charge < -0.3 is 20.7 Å². The number of hydrogen-bond donors (Lipinski definition) is 3. The Hall–Kier alpha value is -2.21. The van der Waals surface area contributed by atoms with Gasteiger partial charge in [-0.15, -0.1) is 0 Å². The van der Waals surface area contributed by atoms with Gasteiger partial charge >= 0.3 is 5.97 Å². The first kappa shape index (κ1) is 19.1. The predicted octanol–water partition coefficient (Wildman–Crippen LogP) is 2.35. The highest BCUT2D eigenvalue weighted by Crippen LogP contribution is 2.25. The van der Waals surface area contributed by atoms with Gasteiger partial charge in [-0.05, 0) is 37.0 Å². The van der Waals surface area contributed by atoms with Gasteiger partial charge in [0.15, 0.2) is 5.54 Å². The molecule has 0 fully saturated rings. The number of carboxylic acid groups (broad SMARTS) is 1. The van der Waals surface area contributed by atoms with E-state index in [1.165, 1.54) is 24.5 Å². The Morgan fingerprint density at radius 1 is 1.12 bits per heavy atom. The molecule has 25 heavy (non-hydrogen) atoms. The number of nitrogens with two attached hydrogens (primary N) is 1. The fourth-order valence-electron chi connectivity index (χ4n) is 2.46. The molecule has 4 N–H and O–H groups in total. The number of benzene rings is 2. The number of carboxylic acids is 1. The van der Waals surface area contributed by atoms with E-state index in [0.29, 0.717) is 0 Å². The molecule has 0 saturated carbocycles. The zero-order valence-corrected chi connectivity index (χ0v) is 14.6. The Balaban J connectivity index is 0.000000261.